The zero-order valence-corrected chi connectivity index (χ0v) is 13.1. The molecule has 0 saturated heterocycles. The molecule has 1 aromatic rings. The van der Waals surface area contributed by atoms with Crippen molar-refractivity contribution in [3.63, 3.8) is 0 Å². The first-order valence-electron chi connectivity index (χ1n) is 6.42. The molecule has 1 aromatic carbocycles. The van der Waals surface area contributed by atoms with Crippen LogP contribution in [0, 0.1) is 18.3 Å². The Morgan fingerprint density at radius 1 is 1.32 bits per heavy atom. The number of sulfonamides is 1. The van der Waals surface area contributed by atoms with E-state index in [-0.39, 0.29) is 10.3 Å². The fraction of sp³-hybridized carbons (Fsp3) is 0.571. The Labute approximate surface area is 116 Å². The van der Waals surface area contributed by atoms with Crippen molar-refractivity contribution >= 4 is 15.7 Å². The van der Waals surface area contributed by atoms with Crippen molar-refractivity contribution in [1.82, 2.24) is 4.72 Å². The topological polar surface area (TPSA) is 72.2 Å². The molecule has 0 saturated carbocycles. The smallest absolute Gasteiger partial charge is 0.240 e. The fourth-order valence-corrected chi connectivity index (χ4v) is 2.61. The first kappa shape index (κ1) is 16.0. The Kier molecular flexibility index (Phi) is 4.63. The van der Waals surface area contributed by atoms with Crippen LogP contribution in [0.3, 0.4) is 0 Å². The summed E-state index contributed by atoms with van der Waals surface area (Å²) in [6.45, 7) is 10.5. The van der Waals surface area contributed by atoms with Crippen LogP contribution in [-0.2, 0) is 10.0 Å². The second kappa shape index (κ2) is 5.51. The van der Waals surface area contributed by atoms with E-state index in [4.69, 9.17) is 5.73 Å². The number of benzene rings is 1. The predicted octanol–water partition coefficient (Wildman–Crippen LogP) is 2.54. The summed E-state index contributed by atoms with van der Waals surface area (Å²) in [4.78, 5) is 0.218. The van der Waals surface area contributed by atoms with Gasteiger partial charge < -0.3 is 5.73 Å². The van der Waals surface area contributed by atoms with Gasteiger partial charge in [0.05, 0.1) is 4.90 Å². The van der Waals surface area contributed by atoms with E-state index in [9.17, 15) is 8.42 Å². The Morgan fingerprint density at radius 2 is 1.89 bits per heavy atom. The second-order valence-electron chi connectivity index (χ2n) is 5.99. The molecule has 4 nitrogen and oxygen atoms in total. The van der Waals surface area contributed by atoms with Crippen LogP contribution in [0.25, 0.3) is 0 Å². The van der Waals surface area contributed by atoms with Gasteiger partial charge in [0, 0.05) is 12.2 Å². The molecule has 0 heterocycles. The molecule has 1 rings (SSSR count). The van der Waals surface area contributed by atoms with Crippen LogP contribution in [-0.4, -0.2) is 15.0 Å². The molecule has 0 radical (unpaired) electrons. The Balaban J connectivity index is 2.90. The molecule has 0 unspecified atom stereocenters. The van der Waals surface area contributed by atoms with Gasteiger partial charge in [0.25, 0.3) is 0 Å². The molecule has 0 amide bonds. The maximum Gasteiger partial charge on any atom is 0.240 e. The molecule has 3 N–H and O–H groups in total. The molecule has 0 fully saturated rings. The van der Waals surface area contributed by atoms with Gasteiger partial charge in [0.1, 0.15) is 0 Å². The van der Waals surface area contributed by atoms with Crippen molar-refractivity contribution in [2.45, 2.75) is 39.5 Å². The summed E-state index contributed by atoms with van der Waals surface area (Å²) in [5, 5.41) is 0. The van der Waals surface area contributed by atoms with Crippen molar-refractivity contribution in [3.05, 3.63) is 23.8 Å². The molecule has 0 aliphatic heterocycles. The van der Waals surface area contributed by atoms with Gasteiger partial charge >= 0.3 is 0 Å². The first-order chi connectivity index (χ1) is 8.56. The molecule has 0 atom stereocenters. The summed E-state index contributed by atoms with van der Waals surface area (Å²) in [7, 11) is -3.50. The van der Waals surface area contributed by atoms with Gasteiger partial charge in [0.2, 0.25) is 10.0 Å². The van der Waals surface area contributed by atoms with Crippen LogP contribution in [0.4, 0.5) is 5.69 Å². The van der Waals surface area contributed by atoms with E-state index in [1.54, 1.807) is 12.1 Å². The van der Waals surface area contributed by atoms with Crippen LogP contribution >= 0.6 is 0 Å². The molecule has 5 heteroatoms. The van der Waals surface area contributed by atoms with E-state index in [0.717, 1.165) is 5.56 Å². The van der Waals surface area contributed by atoms with Gasteiger partial charge in [-0.25, -0.2) is 13.1 Å². The fourth-order valence-electron chi connectivity index (χ4n) is 1.35. The summed E-state index contributed by atoms with van der Waals surface area (Å²) in [5.41, 5.74) is 7.03. The summed E-state index contributed by atoms with van der Waals surface area (Å²) >= 11 is 0. The molecule has 108 valence electrons. The number of aryl methyl sites for hydroxylation is 1. The quantitative estimate of drug-likeness (QED) is 0.816. The molecule has 0 aliphatic carbocycles. The number of hydrogen-bond acceptors (Lipinski definition) is 3. The van der Waals surface area contributed by atoms with E-state index >= 15 is 0 Å². The monoisotopic (exact) mass is 284 g/mol. The van der Waals surface area contributed by atoms with Crippen LogP contribution < -0.4 is 10.5 Å². The number of nitrogens with one attached hydrogen (secondary N) is 1. The molecule has 0 bridgehead atoms. The van der Waals surface area contributed by atoms with Gasteiger partial charge in [-0.2, -0.15) is 0 Å². The highest BCUT2D eigenvalue weighted by molar-refractivity contribution is 7.89. The van der Waals surface area contributed by atoms with Gasteiger partial charge in [-0.15, -0.1) is 0 Å². The standard InChI is InChI=1S/C14H24N2O2S/c1-10(2)14(4,5)9-16-19(17,18)12-7-6-11(3)13(15)8-12/h6-8,10,16H,9,15H2,1-5H3. The second-order valence-corrected chi connectivity index (χ2v) is 7.75. The minimum absolute atomic E-state index is 0.0939. The van der Waals surface area contributed by atoms with E-state index in [1.165, 1.54) is 6.07 Å². The molecular weight excluding hydrogens is 260 g/mol. The van der Waals surface area contributed by atoms with Crippen LogP contribution in [0.5, 0.6) is 0 Å². The van der Waals surface area contributed by atoms with Crippen molar-refractivity contribution in [3.8, 4) is 0 Å². The summed E-state index contributed by atoms with van der Waals surface area (Å²) < 4.78 is 27.1. The largest absolute Gasteiger partial charge is 0.398 e. The van der Waals surface area contributed by atoms with Gasteiger partial charge in [0.15, 0.2) is 0 Å². The summed E-state index contributed by atoms with van der Waals surface area (Å²) in [5.74, 6) is 0.387. The molecule has 19 heavy (non-hydrogen) atoms. The third-order valence-electron chi connectivity index (χ3n) is 3.84. The SMILES string of the molecule is Cc1ccc(S(=O)(=O)NCC(C)(C)C(C)C)cc1N. The Hall–Kier alpha value is -1.07. The first-order valence-corrected chi connectivity index (χ1v) is 7.90. The van der Waals surface area contributed by atoms with Crippen molar-refractivity contribution in [2.24, 2.45) is 11.3 Å². The third-order valence-corrected chi connectivity index (χ3v) is 5.24. The lowest BCUT2D eigenvalue weighted by molar-refractivity contribution is 0.252. The van der Waals surface area contributed by atoms with Gasteiger partial charge in [-0.3, -0.25) is 0 Å². The van der Waals surface area contributed by atoms with E-state index in [0.29, 0.717) is 18.2 Å². The number of rotatable bonds is 5. The average Bonchev–Trinajstić information content (AvgIpc) is 2.30. The van der Waals surface area contributed by atoms with Gasteiger partial charge in [-0.1, -0.05) is 33.8 Å². The van der Waals surface area contributed by atoms with E-state index < -0.39 is 10.0 Å². The normalized spacial score (nSPS) is 12.9. The van der Waals surface area contributed by atoms with E-state index in [2.05, 4.69) is 18.6 Å². The van der Waals surface area contributed by atoms with Crippen molar-refractivity contribution in [1.29, 1.82) is 0 Å². The van der Waals surface area contributed by atoms with E-state index in [1.807, 2.05) is 20.8 Å². The lowest BCUT2D eigenvalue weighted by Crippen LogP contribution is -2.36. The number of hydrogen-bond donors (Lipinski definition) is 2. The van der Waals surface area contributed by atoms with Crippen LogP contribution in [0.2, 0.25) is 0 Å². The minimum Gasteiger partial charge on any atom is -0.398 e. The Morgan fingerprint density at radius 3 is 2.37 bits per heavy atom. The maximum absolute atomic E-state index is 12.2. The molecule has 0 aliphatic rings. The van der Waals surface area contributed by atoms with Crippen molar-refractivity contribution in [2.75, 3.05) is 12.3 Å². The number of anilines is 1. The van der Waals surface area contributed by atoms with Crippen molar-refractivity contribution < 1.29 is 8.42 Å². The molecule has 0 aromatic heterocycles. The minimum atomic E-state index is -3.50. The number of nitrogens with two attached hydrogens (primary N) is 1. The van der Waals surface area contributed by atoms with Crippen LogP contribution in [0.1, 0.15) is 33.3 Å². The van der Waals surface area contributed by atoms with Crippen LogP contribution in [0.15, 0.2) is 23.1 Å². The average molecular weight is 284 g/mol. The highest BCUT2D eigenvalue weighted by Gasteiger charge is 2.25. The molecular formula is C14H24N2O2S. The predicted molar refractivity (Wildman–Crippen MR) is 79.4 cm³/mol. The summed E-state index contributed by atoms with van der Waals surface area (Å²) in [6.07, 6.45) is 0. The zero-order valence-electron chi connectivity index (χ0n) is 12.3. The summed E-state index contributed by atoms with van der Waals surface area (Å²) in [6, 6.07) is 4.80. The zero-order chi connectivity index (χ0) is 14.8. The highest BCUT2D eigenvalue weighted by atomic mass is 32.2. The lowest BCUT2D eigenvalue weighted by Gasteiger charge is -2.29. The number of nitrogen functional groups attached to an aromatic ring is 1. The van der Waals surface area contributed by atoms with Gasteiger partial charge in [-0.05, 0) is 36.0 Å². The maximum atomic E-state index is 12.2. The Bertz CT molecular complexity index is 549. The highest BCUT2D eigenvalue weighted by Crippen LogP contribution is 2.25. The lowest BCUT2D eigenvalue weighted by atomic mass is 9.81. The molecule has 0 spiro atoms. The third kappa shape index (κ3) is 3.94.